The number of aromatic hydroxyl groups is 1. The zero-order valence-corrected chi connectivity index (χ0v) is 19.7. The van der Waals surface area contributed by atoms with E-state index >= 15 is 0 Å². The Kier molecular flexibility index (Phi) is 7.62. The van der Waals surface area contributed by atoms with Crippen LogP contribution in [0.2, 0.25) is 5.02 Å². The SMILES string of the molecule is O=C(N[C@H](Cc1ccc(-c2cccc(Cl)c2)cc1)CC(O)C(=O)O)c1cc(O)n(-c2ccccn2)n1. The van der Waals surface area contributed by atoms with Crippen molar-refractivity contribution in [3.63, 3.8) is 0 Å². The summed E-state index contributed by atoms with van der Waals surface area (Å²) in [4.78, 5) is 28.2. The molecule has 0 saturated heterocycles. The molecule has 0 bridgehead atoms. The Morgan fingerprint density at radius 3 is 2.44 bits per heavy atom. The second-order valence-electron chi connectivity index (χ2n) is 8.16. The molecule has 0 fully saturated rings. The number of rotatable bonds is 9. The lowest BCUT2D eigenvalue weighted by Crippen LogP contribution is -2.40. The second kappa shape index (κ2) is 11.0. The Bertz CT molecular complexity index is 1360. The number of aliphatic carboxylic acids is 1. The van der Waals surface area contributed by atoms with Gasteiger partial charge in [-0.1, -0.05) is 54.1 Å². The minimum atomic E-state index is -1.67. The highest BCUT2D eigenvalue weighted by Crippen LogP contribution is 2.24. The lowest BCUT2D eigenvalue weighted by Gasteiger charge is -2.20. The lowest BCUT2D eigenvalue weighted by atomic mass is 9.97. The highest BCUT2D eigenvalue weighted by atomic mass is 35.5. The number of carboxylic acid groups (broad SMARTS) is 1. The summed E-state index contributed by atoms with van der Waals surface area (Å²) in [6, 6.07) is 20.5. The van der Waals surface area contributed by atoms with Gasteiger partial charge in [0.2, 0.25) is 5.88 Å². The van der Waals surface area contributed by atoms with Crippen molar-refractivity contribution in [3.8, 4) is 22.8 Å². The van der Waals surface area contributed by atoms with Crippen molar-refractivity contribution in [2.45, 2.75) is 25.0 Å². The predicted octanol–water partition coefficient (Wildman–Crippen LogP) is 3.47. The highest BCUT2D eigenvalue weighted by Gasteiger charge is 2.24. The summed E-state index contributed by atoms with van der Waals surface area (Å²) >= 11 is 6.08. The van der Waals surface area contributed by atoms with Gasteiger partial charge in [0.05, 0.1) is 0 Å². The molecule has 4 N–H and O–H groups in total. The molecule has 36 heavy (non-hydrogen) atoms. The van der Waals surface area contributed by atoms with Crippen LogP contribution in [0.3, 0.4) is 0 Å². The molecule has 0 radical (unpaired) electrons. The number of hydrogen-bond acceptors (Lipinski definition) is 6. The number of carbonyl (C=O) groups excluding carboxylic acids is 1. The number of nitrogens with zero attached hydrogens (tertiary/aromatic N) is 3. The van der Waals surface area contributed by atoms with Crippen molar-refractivity contribution in [3.05, 3.63) is 95.3 Å². The number of aromatic nitrogens is 3. The molecule has 184 valence electrons. The van der Waals surface area contributed by atoms with E-state index in [1.54, 1.807) is 24.3 Å². The van der Waals surface area contributed by atoms with E-state index in [0.29, 0.717) is 10.8 Å². The fourth-order valence-corrected chi connectivity index (χ4v) is 3.93. The molecule has 9 nitrogen and oxygen atoms in total. The van der Waals surface area contributed by atoms with E-state index < -0.39 is 24.0 Å². The van der Waals surface area contributed by atoms with E-state index in [1.165, 1.54) is 12.3 Å². The highest BCUT2D eigenvalue weighted by molar-refractivity contribution is 6.30. The van der Waals surface area contributed by atoms with E-state index in [0.717, 1.165) is 21.4 Å². The monoisotopic (exact) mass is 506 g/mol. The Balaban J connectivity index is 1.51. The van der Waals surface area contributed by atoms with Crippen LogP contribution in [0.15, 0.2) is 79.0 Å². The number of amides is 1. The smallest absolute Gasteiger partial charge is 0.332 e. The molecule has 0 aliphatic carbocycles. The summed E-state index contributed by atoms with van der Waals surface area (Å²) in [6.07, 6.45) is -0.0967. The van der Waals surface area contributed by atoms with Crippen LogP contribution >= 0.6 is 11.6 Å². The molecule has 4 rings (SSSR count). The first-order chi connectivity index (χ1) is 17.3. The zero-order chi connectivity index (χ0) is 25.7. The van der Waals surface area contributed by atoms with Gasteiger partial charge in [0, 0.05) is 29.7 Å². The van der Waals surface area contributed by atoms with Crippen molar-refractivity contribution in [1.82, 2.24) is 20.1 Å². The third-order valence-electron chi connectivity index (χ3n) is 5.51. The number of carbonyl (C=O) groups is 2. The van der Waals surface area contributed by atoms with Gasteiger partial charge >= 0.3 is 5.97 Å². The van der Waals surface area contributed by atoms with Gasteiger partial charge < -0.3 is 20.6 Å². The molecule has 2 aromatic heterocycles. The first-order valence-corrected chi connectivity index (χ1v) is 11.4. The van der Waals surface area contributed by atoms with E-state index in [1.807, 2.05) is 42.5 Å². The van der Waals surface area contributed by atoms with Gasteiger partial charge in [-0.15, -0.1) is 0 Å². The zero-order valence-electron chi connectivity index (χ0n) is 19.0. The molecule has 2 heterocycles. The van der Waals surface area contributed by atoms with Crippen molar-refractivity contribution in [2.75, 3.05) is 0 Å². The van der Waals surface area contributed by atoms with Crippen molar-refractivity contribution in [2.24, 2.45) is 0 Å². The summed E-state index contributed by atoms with van der Waals surface area (Å²) in [5.41, 5.74) is 2.64. The van der Waals surface area contributed by atoms with Crippen LogP contribution in [0.1, 0.15) is 22.5 Å². The Labute approximate surface area is 211 Å². The second-order valence-corrected chi connectivity index (χ2v) is 8.60. The Morgan fingerprint density at radius 2 is 1.78 bits per heavy atom. The van der Waals surface area contributed by atoms with Crippen LogP contribution in [0.25, 0.3) is 16.9 Å². The summed E-state index contributed by atoms with van der Waals surface area (Å²) in [6.45, 7) is 0. The minimum Gasteiger partial charge on any atom is -0.493 e. The number of benzene rings is 2. The number of aliphatic hydroxyl groups is 1. The van der Waals surface area contributed by atoms with Gasteiger partial charge in [-0.3, -0.25) is 4.79 Å². The molecular weight excluding hydrogens is 484 g/mol. The molecule has 0 spiro atoms. The van der Waals surface area contributed by atoms with Crippen LogP contribution in [0, 0.1) is 0 Å². The van der Waals surface area contributed by atoms with E-state index in [-0.39, 0.29) is 24.4 Å². The van der Waals surface area contributed by atoms with Crippen molar-refractivity contribution in [1.29, 1.82) is 0 Å². The summed E-state index contributed by atoms with van der Waals surface area (Å²) < 4.78 is 1.12. The van der Waals surface area contributed by atoms with Gasteiger partial charge in [-0.25, -0.2) is 9.78 Å². The summed E-state index contributed by atoms with van der Waals surface area (Å²) in [7, 11) is 0. The van der Waals surface area contributed by atoms with E-state index in [4.69, 9.17) is 16.7 Å². The fourth-order valence-electron chi connectivity index (χ4n) is 3.74. The molecule has 4 aromatic rings. The molecule has 10 heteroatoms. The molecular formula is C26H23ClN4O5. The quantitative estimate of drug-likeness (QED) is 0.273. The molecule has 1 unspecified atom stereocenters. The first-order valence-electron chi connectivity index (χ1n) is 11.1. The Hall–Kier alpha value is -4.21. The van der Waals surface area contributed by atoms with E-state index in [2.05, 4.69) is 15.4 Å². The van der Waals surface area contributed by atoms with E-state index in [9.17, 15) is 19.8 Å². The largest absolute Gasteiger partial charge is 0.493 e. The summed E-state index contributed by atoms with van der Waals surface area (Å²) in [5.74, 6) is -1.97. The van der Waals surface area contributed by atoms with Crippen LogP contribution in [0.4, 0.5) is 0 Å². The Morgan fingerprint density at radius 1 is 1.00 bits per heavy atom. The number of carboxylic acids is 1. The maximum atomic E-state index is 12.9. The van der Waals surface area contributed by atoms with Crippen molar-refractivity contribution < 1.29 is 24.9 Å². The molecule has 0 aliphatic heterocycles. The first kappa shape index (κ1) is 24.9. The predicted molar refractivity (Wildman–Crippen MR) is 133 cm³/mol. The fraction of sp³-hybridized carbons (Fsp3) is 0.154. The van der Waals surface area contributed by atoms with Crippen LogP contribution < -0.4 is 5.32 Å². The number of hydrogen-bond donors (Lipinski definition) is 4. The van der Waals surface area contributed by atoms with Crippen LogP contribution in [0.5, 0.6) is 5.88 Å². The van der Waals surface area contributed by atoms with Gasteiger partial charge in [0.1, 0.15) is 0 Å². The number of halogens is 1. The number of aliphatic hydroxyl groups excluding tert-OH is 1. The maximum Gasteiger partial charge on any atom is 0.332 e. The topological polar surface area (TPSA) is 138 Å². The molecule has 2 atom stereocenters. The van der Waals surface area contributed by atoms with Gasteiger partial charge in [-0.05, 0) is 47.4 Å². The number of pyridine rings is 1. The molecule has 1 amide bonds. The standard InChI is InChI=1S/C26H23ClN4O5/c27-19-5-3-4-18(13-19)17-9-7-16(8-10-17)12-20(14-22(32)26(35)36)29-25(34)21-15-24(33)31(30-21)23-6-1-2-11-28-23/h1-11,13,15,20,22,32-33H,12,14H2,(H,29,34)(H,35,36)/t20-,22?/m1/s1. The average Bonchev–Trinajstić information content (AvgIpc) is 3.26. The lowest BCUT2D eigenvalue weighted by molar-refractivity contribution is -0.147. The van der Waals surface area contributed by atoms with Gasteiger partial charge in [0.15, 0.2) is 17.6 Å². The molecule has 0 saturated carbocycles. The van der Waals surface area contributed by atoms with Gasteiger partial charge in [0.25, 0.3) is 5.91 Å². The van der Waals surface area contributed by atoms with Crippen LogP contribution in [-0.2, 0) is 11.2 Å². The maximum absolute atomic E-state index is 12.9. The van der Waals surface area contributed by atoms with Crippen molar-refractivity contribution >= 4 is 23.5 Å². The minimum absolute atomic E-state index is 0.0794. The third kappa shape index (κ3) is 6.07. The number of nitrogens with one attached hydrogen (secondary N) is 1. The third-order valence-corrected chi connectivity index (χ3v) is 5.75. The van der Waals surface area contributed by atoms with Crippen LogP contribution in [-0.4, -0.2) is 54.1 Å². The van der Waals surface area contributed by atoms with Gasteiger partial charge in [-0.2, -0.15) is 9.78 Å². The average molecular weight is 507 g/mol. The summed E-state index contributed by atoms with van der Waals surface area (Å²) in [5, 5.41) is 36.8. The molecule has 0 aliphatic rings. The normalized spacial score (nSPS) is 12.6. The molecule has 2 aromatic carbocycles.